The van der Waals surface area contributed by atoms with E-state index in [-0.39, 0.29) is 0 Å². The Morgan fingerprint density at radius 1 is 1.53 bits per heavy atom. The molecule has 0 saturated heterocycles. The number of hydrogen-bond donors (Lipinski definition) is 1. The van der Waals surface area contributed by atoms with Crippen LogP contribution in [0.4, 0.5) is 5.69 Å². The van der Waals surface area contributed by atoms with Crippen LogP contribution in [0.25, 0.3) is 0 Å². The average Bonchev–Trinajstić information content (AvgIpc) is 2.21. The maximum Gasteiger partial charge on any atom is 0.101 e. The molecule has 0 aliphatic carbocycles. The number of nitrogens with zero attached hydrogens (tertiary/aromatic N) is 1. The fourth-order valence-corrected chi connectivity index (χ4v) is 1.87. The lowest BCUT2D eigenvalue weighted by Gasteiger charge is -2.15. The van der Waals surface area contributed by atoms with E-state index in [0.29, 0.717) is 11.6 Å². The molecule has 0 aromatic heterocycles. The molecule has 1 atom stereocenters. The molecule has 80 valence electrons. The number of rotatable bonds is 4. The lowest BCUT2D eigenvalue weighted by atomic mass is 10.1. The highest BCUT2D eigenvalue weighted by Gasteiger charge is 2.05. The third kappa shape index (κ3) is 3.56. The maximum absolute atomic E-state index is 8.97. The summed E-state index contributed by atoms with van der Waals surface area (Å²) in [5, 5.41) is 12.3. The molecule has 1 unspecified atom stereocenters. The van der Waals surface area contributed by atoms with Crippen molar-refractivity contribution in [3.05, 3.63) is 28.2 Å². The molecule has 0 spiro atoms. The van der Waals surface area contributed by atoms with Gasteiger partial charge < -0.3 is 5.32 Å². The second-order valence-corrected chi connectivity index (χ2v) is 4.55. The standard InChI is InChI=1S/C12H15BrN2/c1-3-4-9(2)15-12-6-5-11(13)7-10(12)8-14/h5-7,9,15H,3-4H2,1-2H3. The van der Waals surface area contributed by atoms with E-state index < -0.39 is 0 Å². The smallest absolute Gasteiger partial charge is 0.101 e. The summed E-state index contributed by atoms with van der Waals surface area (Å²) in [5.41, 5.74) is 1.61. The average molecular weight is 267 g/mol. The van der Waals surface area contributed by atoms with Crippen molar-refractivity contribution < 1.29 is 0 Å². The van der Waals surface area contributed by atoms with Crippen LogP contribution in [0.3, 0.4) is 0 Å². The molecule has 2 nitrogen and oxygen atoms in total. The van der Waals surface area contributed by atoms with Gasteiger partial charge in [-0.05, 0) is 31.5 Å². The van der Waals surface area contributed by atoms with E-state index in [9.17, 15) is 0 Å². The van der Waals surface area contributed by atoms with E-state index in [1.54, 1.807) is 0 Å². The van der Waals surface area contributed by atoms with Crippen molar-refractivity contribution in [1.82, 2.24) is 0 Å². The second-order valence-electron chi connectivity index (χ2n) is 3.64. The van der Waals surface area contributed by atoms with E-state index in [4.69, 9.17) is 5.26 Å². The Kier molecular flexibility index (Phi) is 4.64. The van der Waals surface area contributed by atoms with Gasteiger partial charge in [-0.2, -0.15) is 5.26 Å². The highest BCUT2D eigenvalue weighted by molar-refractivity contribution is 9.10. The molecule has 3 heteroatoms. The van der Waals surface area contributed by atoms with Crippen LogP contribution in [0, 0.1) is 11.3 Å². The van der Waals surface area contributed by atoms with Gasteiger partial charge in [0.15, 0.2) is 0 Å². The molecule has 1 N–H and O–H groups in total. The number of halogens is 1. The van der Waals surface area contributed by atoms with Crippen molar-refractivity contribution in [1.29, 1.82) is 5.26 Å². The number of nitriles is 1. The summed E-state index contributed by atoms with van der Waals surface area (Å²) in [7, 11) is 0. The predicted octanol–water partition coefficient (Wildman–Crippen LogP) is 3.92. The largest absolute Gasteiger partial charge is 0.382 e. The van der Waals surface area contributed by atoms with Crippen molar-refractivity contribution in [3.8, 4) is 6.07 Å². The quantitative estimate of drug-likeness (QED) is 0.897. The van der Waals surface area contributed by atoms with E-state index >= 15 is 0 Å². The monoisotopic (exact) mass is 266 g/mol. The molecule has 1 aromatic carbocycles. The molecule has 0 aliphatic heterocycles. The van der Waals surface area contributed by atoms with E-state index in [2.05, 4.69) is 41.2 Å². The highest BCUT2D eigenvalue weighted by atomic mass is 79.9. The van der Waals surface area contributed by atoms with Crippen LogP contribution in [-0.2, 0) is 0 Å². The van der Waals surface area contributed by atoms with E-state index in [0.717, 1.165) is 23.0 Å². The van der Waals surface area contributed by atoms with Crippen LogP contribution in [0.2, 0.25) is 0 Å². The maximum atomic E-state index is 8.97. The van der Waals surface area contributed by atoms with Gasteiger partial charge in [-0.1, -0.05) is 29.3 Å². The molecular formula is C12H15BrN2. The molecule has 15 heavy (non-hydrogen) atoms. The highest BCUT2D eigenvalue weighted by Crippen LogP contribution is 2.21. The molecule has 0 heterocycles. The second kappa shape index (κ2) is 5.77. The van der Waals surface area contributed by atoms with Crippen LogP contribution >= 0.6 is 15.9 Å². The molecule has 0 aliphatic rings. The first-order chi connectivity index (χ1) is 7.17. The summed E-state index contributed by atoms with van der Waals surface area (Å²) in [6, 6.07) is 8.32. The van der Waals surface area contributed by atoms with Gasteiger partial charge in [-0.3, -0.25) is 0 Å². The molecular weight excluding hydrogens is 252 g/mol. The first-order valence-electron chi connectivity index (χ1n) is 5.13. The van der Waals surface area contributed by atoms with Gasteiger partial charge in [0.05, 0.1) is 11.3 Å². The topological polar surface area (TPSA) is 35.8 Å². The zero-order valence-electron chi connectivity index (χ0n) is 9.05. The van der Waals surface area contributed by atoms with Crippen LogP contribution in [0.1, 0.15) is 32.3 Å². The van der Waals surface area contributed by atoms with Gasteiger partial charge in [-0.15, -0.1) is 0 Å². The van der Waals surface area contributed by atoms with Crippen molar-refractivity contribution in [3.63, 3.8) is 0 Å². The normalized spacial score (nSPS) is 11.9. The number of anilines is 1. The minimum Gasteiger partial charge on any atom is -0.382 e. The van der Waals surface area contributed by atoms with Crippen molar-refractivity contribution in [2.24, 2.45) is 0 Å². The summed E-state index contributed by atoms with van der Waals surface area (Å²) in [6.07, 6.45) is 2.26. The third-order valence-corrected chi connectivity index (χ3v) is 2.72. The van der Waals surface area contributed by atoms with E-state index in [1.165, 1.54) is 0 Å². The predicted molar refractivity (Wildman–Crippen MR) is 66.8 cm³/mol. The lowest BCUT2D eigenvalue weighted by molar-refractivity contribution is 0.690. The van der Waals surface area contributed by atoms with Crippen molar-refractivity contribution >= 4 is 21.6 Å². The number of benzene rings is 1. The molecule has 0 fully saturated rings. The Morgan fingerprint density at radius 3 is 2.87 bits per heavy atom. The Hall–Kier alpha value is -1.01. The third-order valence-electron chi connectivity index (χ3n) is 2.23. The molecule has 0 saturated carbocycles. The van der Waals surface area contributed by atoms with Gasteiger partial charge in [0.2, 0.25) is 0 Å². The Balaban J connectivity index is 2.81. The van der Waals surface area contributed by atoms with Gasteiger partial charge in [0.25, 0.3) is 0 Å². The Labute approximate surface area is 99.4 Å². The first kappa shape index (κ1) is 12.1. The Bertz CT molecular complexity index is 368. The number of nitrogens with one attached hydrogen (secondary N) is 1. The molecule has 1 rings (SSSR count). The zero-order valence-corrected chi connectivity index (χ0v) is 10.6. The molecule has 1 aromatic rings. The number of hydrogen-bond acceptors (Lipinski definition) is 2. The molecule has 0 radical (unpaired) electrons. The first-order valence-corrected chi connectivity index (χ1v) is 5.93. The van der Waals surface area contributed by atoms with Crippen LogP contribution < -0.4 is 5.32 Å². The minimum atomic E-state index is 0.406. The van der Waals surface area contributed by atoms with Crippen molar-refractivity contribution in [2.75, 3.05) is 5.32 Å². The van der Waals surface area contributed by atoms with Gasteiger partial charge in [0.1, 0.15) is 6.07 Å². The fraction of sp³-hybridized carbons (Fsp3) is 0.417. The lowest BCUT2D eigenvalue weighted by Crippen LogP contribution is -2.15. The zero-order chi connectivity index (χ0) is 11.3. The SMILES string of the molecule is CCCC(C)Nc1ccc(Br)cc1C#N. The van der Waals surface area contributed by atoms with Gasteiger partial charge >= 0.3 is 0 Å². The molecule has 0 bridgehead atoms. The fourth-order valence-electron chi connectivity index (χ4n) is 1.51. The van der Waals surface area contributed by atoms with Crippen molar-refractivity contribution in [2.45, 2.75) is 32.7 Å². The summed E-state index contributed by atoms with van der Waals surface area (Å²) in [5.74, 6) is 0. The molecule has 0 amide bonds. The summed E-state index contributed by atoms with van der Waals surface area (Å²) < 4.78 is 0.938. The summed E-state index contributed by atoms with van der Waals surface area (Å²) >= 11 is 3.36. The van der Waals surface area contributed by atoms with Crippen LogP contribution in [-0.4, -0.2) is 6.04 Å². The summed E-state index contributed by atoms with van der Waals surface area (Å²) in [6.45, 7) is 4.29. The van der Waals surface area contributed by atoms with Gasteiger partial charge in [0, 0.05) is 10.5 Å². The van der Waals surface area contributed by atoms with Crippen LogP contribution in [0.15, 0.2) is 22.7 Å². The Morgan fingerprint density at radius 2 is 2.27 bits per heavy atom. The van der Waals surface area contributed by atoms with Gasteiger partial charge in [-0.25, -0.2) is 0 Å². The van der Waals surface area contributed by atoms with Crippen LogP contribution in [0.5, 0.6) is 0 Å². The van der Waals surface area contributed by atoms with E-state index in [1.807, 2.05) is 18.2 Å². The summed E-state index contributed by atoms with van der Waals surface area (Å²) in [4.78, 5) is 0. The minimum absolute atomic E-state index is 0.406.